The fourth-order valence-corrected chi connectivity index (χ4v) is 2.78. The summed E-state index contributed by atoms with van der Waals surface area (Å²) in [6.07, 6.45) is 1.68. The van der Waals surface area contributed by atoms with E-state index in [1.54, 1.807) is 6.07 Å². The minimum Gasteiger partial charge on any atom is -0.223 e. The first-order valence-corrected chi connectivity index (χ1v) is 7.13. The van der Waals surface area contributed by atoms with Crippen LogP contribution in [-0.2, 0) is 12.8 Å². The van der Waals surface area contributed by atoms with Crippen LogP contribution in [0.5, 0.6) is 0 Å². The molecule has 100 valence electrons. The molecule has 0 aliphatic heterocycles. The van der Waals surface area contributed by atoms with Gasteiger partial charge in [-0.15, -0.1) is 0 Å². The largest absolute Gasteiger partial charge is 0.224 e. The van der Waals surface area contributed by atoms with Gasteiger partial charge in [-0.1, -0.05) is 54.1 Å². The molecular weight excluding hydrogens is 291 g/mol. The topological polar surface area (TPSA) is 25.8 Å². The molecule has 0 fully saturated rings. The summed E-state index contributed by atoms with van der Waals surface area (Å²) in [7, 11) is 0. The third-order valence-corrected chi connectivity index (χ3v) is 3.61. The van der Waals surface area contributed by atoms with Crippen LogP contribution in [0.2, 0.25) is 10.4 Å². The summed E-state index contributed by atoms with van der Waals surface area (Å²) in [6, 6.07) is 16.5. The van der Waals surface area contributed by atoms with Crippen molar-refractivity contribution in [2.75, 3.05) is 0 Å². The van der Waals surface area contributed by atoms with Crippen LogP contribution in [-0.4, -0.2) is 9.97 Å². The molecule has 1 heterocycles. The highest BCUT2D eigenvalue weighted by atomic mass is 35.5. The first-order valence-electron chi connectivity index (χ1n) is 6.38. The molecule has 0 unspecified atom stereocenters. The number of aryl methyl sites for hydroxylation is 2. The zero-order valence-corrected chi connectivity index (χ0v) is 12.2. The Bertz CT molecular complexity index is 731. The van der Waals surface area contributed by atoms with E-state index in [4.69, 9.17) is 23.2 Å². The summed E-state index contributed by atoms with van der Waals surface area (Å²) in [4.78, 5) is 8.06. The number of hydrogen-bond donors (Lipinski definition) is 0. The number of fused-ring (bicyclic) bond motifs is 1. The number of aromatic nitrogens is 2. The van der Waals surface area contributed by atoms with Crippen LogP contribution in [0.15, 0.2) is 48.5 Å². The average molecular weight is 303 g/mol. The average Bonchev–Trinajstić information content (AvgIpc) is 2.44. The Labute approximate surface area is 127 Å². The molecule has 0 aliphatic carbocycles. The van der Waals surface area contributed by atoms with Crippen molar-refractivity contribution in [2.45, 2.75) is 12.8 Å². The van der Waals surface area contributed by atoms with E-state index >= 15 is 0 Å². The van der Waals surface area contributed by atoms with Crippen molar-refractivity contribution in [1.29, 1.82) is 0 Å². The van der Waals surface area contributed by atoms with Gasteiger partial charge in [-0.2, -0.15) is 0 Å². The molecule has 20 heavy (non-hydrogen) atoms. The van der Waals surface area contributed by atoms with Crippen LogP contribution in [0.3, 0.4) is 0 Å². The molecule has 0 saturated heterocycles. The van der Waals surface area contributed by atoms with E-state index in [1.165, 1.54) is 16.3 Å². The van der Waals surface area contributed by atoms with Crippen LogP contribution >= 0.6 is 23.2 Å². The SMILES string of the molecule is Clc1cc(CCc2cccc3ccccc23)nc(Cl)n1. The third kappa shape index (κ3) is 2.92. The Morgan fingerprint density at radius 1 is 0.850 bits per heavy atom. The van der Waals surface area contributed by atoms with Gasteiger partial charge in [0.2, 0.25) is 5.28 Å². The first-order chi connectivity index (χ1) is 9.72. The molecule has 0 atom stereocenters. The lowest BCUT2D eigenvalue weighted by Gasteiger charge is -2.06. The van der Waals surface area contributed by atoms with Gasteiger partial charge in [-0.3, -0.25) is 0 Å². The summed E-state index contributed by atoms with van der Waals surface area (Å²) in [6.45, 7) is 0. The Hall–Kier alpha value is -1.64. The fourth-order valence-electron chi connectivity index (χ4n) is 2.33. The predicted molar refractivity (Wildman–Crippen MR) is 83.4 cm³/mol. The molecule has 0 spiro atoms. The number of nitrogens with zero attached hydrogens (tertiary/aromatic N) is 2. The van der Waals surface area contributed by atoms with E-state index < -0.39 is 0 Å². The highest BCUT2D eigenvalue weighted by molar-refractivity contribution is 6.31. The molecule has 0 amide bonds. The maximum Gasteiger partial charge on any atom is 0.224 e. The molecule has 0 N–H and O–H groups in total. The van der Waals surface area contributed by atoms with Gasteiger partial charge in [0, 0.05) is 5.69 Å². The van der Waals surface area contributed by atoms with E-state index in [1.807, 2.05) is 0 Å². The lowest BCUT2D eigenvalue weighted by molar-refractivity contribution is 0.906. The Morgan fingerprint density at radius 3 is 2.50 bits per heavy atom. The van der Waals surface area contributed by atoms with Gasteiger partial charge >= 0.3 is 0 Å². The van der Waals surface area contributed by atoms with Crippen molar-refractivity contribution in [3.8, 4) is 0 Å². The minimum absolute atomic E-state index is 0.199. The zero-order valence-electron chi connectivity index (χ0n) is 10.7. The molecule has 4 heteroatoms. The van der Waals surface area contributed by atoms with Gasteiger partial charge in [-0.25, -0.2) is 9.97 Å². The summed E-state index contributed by atoms with van der Waals surface area (Å²) in [5, 5.41) is 3.12. The molecule has 0 saturated carbocycles. The van der Waals surface area contributed by atoms with Crippen molar-refractivity contribution in [3.63, 3.8) is 0 Å². The molecule has 0 radical (unpaired) electrons. The van der Waals surface area contributed by atoms with Crippen molar-refractivity contribution >= 4 is 34.0 Å². The van der Waals surface area contributed by atoms with Crippen molar-refractivity contribution in [1.82, 2.24) is 9.97 Å². The van der Waals surface area contributed by atoms with Crippen LogP contribution in [0.25, 0.3) is 10.8 Å². The molecule has 3 rings (SSSR count). The van der Waals surface area contributed by atoms with Crippen molar-refractivity contribution < 1.29 is 0 Å². The number of rotatable bonds is 3. The van der Waals surface area contributed by atoms with E-state index in [2.05, 4.69) is 52.4 Å². The second-order valence-corrected chi connectivity index (χ2v) is 5.31. The monoisotopic (exact) mass is 302 g/mol. The van der Waals surface area contributed by atoms with Gasteiger partial charge in [-0.05, 0) is 46.8 Å². The van der Waals surface area contributed by atoms with Crippen LogP contribution in [0.4, 0.5) is 0 Å². The number of halogens is 2. The molecule has 0 bridgehead atoms. The molecule has 0 aliphatic rings. The van der Waals surface area contributed by atoms with Crippen LogP contribution in [0.1, 0.15) is 11.3 Å². The first kappa shape index (κ1) is 13.3. The molecule has 2 aromatic carbocycles. The number of benzene rings is 2. The molecular formula is C16H12Cl2N2. The van der Waals surface area contributed by atoms with Crippen molar-refractivity contribution in [2.24, 2.45) is 0 Å². The molecule has 3 aromatic rings. The second-order valence-electron chi connectivity index (χ2n) is 4.59. The third-order valence-electron chi connectivity index (χ3n) is 3.25. The molecule has 1 aromatic heterocycles. The normalized spacial score (nSPS) is 10.9. The highest BCUT2D eigenvalue weighted by Gasteiger charge is 2.04. The van der Waals surface area contributed by atoms with Gasteiger partial charge < -0.3 is 0 Å². The number of hydrogen-bond acceptors (Lipinski definition) is 2. The smallest absolute Gasteiger partial charge is 0.223 e. The highest BCUT2D eigenvalue weighted by Crippen LogP contribution is 2.20. The van der Waals surface area contributed by atoms with E-state index in [-0.39, 0.29) is 5.28 Å². The zero-order chi connectivity index (χ0) is 13.9. The summed E-state index contributed by atoms with van der Waals surface area (Å²) in [5.41, 5.74) is 2.16. The maximum atomic E-state index is 5.89. The van der Waals surface area contributed by atoms with Gasteiger partial charge in [0.15, 0.2) is 0 Å². The lowest BCUT2D eigenvalue weighted by atomic mass is 10.0. The Morgan fingerprint density at radius 2 is 1.65 bits per heavy atom. The standard InChI is InChI=1S/C16H12Cl2N2/c17-15-10-13(19-16(18)20-15)9-8-12-6-3-5-11-4-1-2-7-14(11)12/h1-7,10H,8-9H2. The van der Waals surface area contributed by atoms with Gasteiger partial charge in [0.25, 0.3) is 0 Å². The van der Waals surface area contributed by atoms with Crippen LogP contribution < -0.4 is 0 Å². The summed E-state index contributed by atoms with van der Waals surface area (Å²) < 4.78 is 0. The second kappa shape index (κ2) is 5.78. The van der Waals surface area contributed by atoms with Gasteiger partial charge in [0.1, 0.15) is 5.15 Å². The Kier molecular flexibility index (Phi) is 3.86. The fraction of sp³-hybridized carbons (Fsp3) is 0.125. The maximum absolute atomic E-state index is 5.89. The van der Waals surface area contributed by atoms with Crippen molar-refractivity contribution in [3.05, 3.63) is 70.2 Å². The van der Waals surface area contributed by atoms with E-state index in [9.17, 15) is 0 Å². The summed E-state index contributed by atoms with van der Waals surface area (Å²) >= 11 is 11.7. The van der Waals surface area contributed by atoms with E-state index in [0.29, 0.717) is 5.15 Å². The van der Waals surface area contributed by atoms with E-state index in [0.717, 1.165) is 18.5 Å². The molecule has 2 nitrogen and oxygen atoms in total. The minimum atomic E-state index is 0.199. The van der Waals surface area contributed by atoms with Gasteiger partial charge in [0.05, 0.1) is 0 Å². The predicted octanol–water partition coefficient (Wildman–Crippen LogP) is 4.72. The quantitative estimate of drug-likeness (QED) is 0.517. The summed E-state index contributed by atoms with van der Waals surface area (Å²) in [5.74, 6) is 0. The van der Waals surface area contributed by atoms with Crippen LogP contribution in [0, 0.1) is 0 Å². The lowest BCUT2D eigenvalue weighted by Crippen LogP contribution is -1.97. The Balaban J connectivity index is 1.87.